The van der Waals surface area contributed by atoms with Gasteiger partial charge in [-0.15, -0.1) is 0 Å². The van der Waals surface area contributed by atoms with Gasteiger partial charge in [-0.25, -0.2) is 8.42 Å². The molecular formula is C16H24N2O5S. The Morgan fingerprint density at radius 3 is 2.75 bits per heavy atom. The number of sulfone groups is 1. The Balaban J connectivity index is 1.48. The maximum atomic E-state index is 12.3. The first-order valence-electron chi connectivity index (χ1n) is 8.41. The van der Waals surface area contributed by atoms with E-state index in [4.69, 9.17) is 9.26 Å². The van der Waals surface area contributed by atoms with E-state index in [2.05, 4.69) is 10.5 Å². The average Bonchev–Trinajstić information content (AvgIpc) is 3.11. The van der Waals surface area contributed by atoms with E-state index < -0.39 is 9.84 Å². The third kappa shape index (κ3) is 4.57. The molecule has 2 atom stereocenters. The van der Waals surface area contributed by atoms with Crippen LogP contribution in [0.25, 0.3) is 0 Å². The van der Waals surface area contributed by atoms with Crippen molar-refractivity contribution in [1.29, 1.82) is 0 Å². The standard InChI is InChI=1S/C16H24N2O5S/c1-11-6-14(23-18-11)8-13-9-22-10-15(13)17-16(19)7-12-2-4-24(20,21)5-3-12/h6,12-13,15H,2-5,7-10H2,1H3,(H,17,19). The van der Waals surface area contributed by atoms with Crippen molar-refractivity contribution in [2.24, 2.45) is 11.8 Å². The Morgan fingerprint density at radius 1 is 1.33 bits per heavy atom. The van der Waals surface area contributed by atoms with Gasteiger partial charge in [0.25, 0.3) is 0 Å². The van der Waals surface area contributed by atoms with Gasteiger partial charge in [0.1, 0.15) is 15.6 Å². The predicted octanol–water partition coefficient (Wildman–Crippen LogP) is 0.872. The largest absolute Gasteiger partial charge is 0.379 e. The molecule has 7 nitrogen and oxygen atoms in total. The van der Waals surface area contributed by atoms with Gasteiger partial charge in [0.15, 0.2) is 0 Å². The predicted molar refractivity (Wildman–Crippen MR) is 87.2 cm³/mol. The molecule has 3 rings (SSSR count). The highest BCUT2D eigenvalue weighted by Crippen LogP contribution is 2.23. The molecule has 134 valence electrons. The Hall–Kier alpha value is -1.41. The van der Waals surface area contributed by atoms with Crippen LogP contribution in [0.3, 0.4) is 0 Å². The van der Waals surface area contributed by atoms with E-state index >= 15 is 0 Å². The normalized spacial score (nSPS) is 27.2. The molecule has 2 unspecified atom stereocenters. The molecule has 0 aliphatic carbocycles. The van der Waals surface area contributed by atoms with E-state index in [1.807, 2.05) is 13.0 Å². The average molecular weight is 356 g/mol. The summed E-state index contributed by atoms with van der Waals surface area (Å²) in [5.41, 5.74) is 0.844. The van der Waals surface area contributed by atoms with Crippen LogP contribution in [-0.4, -0.2) is 50.2 Å². The van der Waals surface area contributed by atoms with Gasteiger partial charge in [0.05, 0.1) is 36.5 Å². The molecule has 2 aliphatic heterocycles. The van der Waals surface area contributed by atoms with E-state index in [0.29, 0.717) is 38.9 Å². The summed E-state index contributed by atoms with van der Waals surface area (Å²) in [6, 6.07) is 1.87. The summed E-state index contributed by atoms with van der Waals surface area (Å²) in [4.78, 5) is 12.3. The van der Waals surface area contributed by atoms with E-state index in [1.54, 1.807) is 0 Å². The van der Waals surface area contributed by atoms with Crippen LogP contribution < -0.4 is 5.32 Å². The maximum Gasteiger partial charge on any atom is 0.220 e. The number of aryl methyl sites for hydroxylation is 1. The lowest BCUT2D eigenvalue weighted by Gasteiger charge is -2.23. The van der Waals surface area contributed by atoms with Crippen molar-refractivity contribution in [2.45, 2.75) is 38.6 Å². The lowest BCUT2D eigenvalue weighted by molar-refractivity contribution is -0.123. The first kappa shape index (κ1) is 17.4. The molecule has 1 aromatic rings. The third-order valence-corrected chi connectivity index (χ3v) is 6.55. The van der Waals surface area contributed by atoms with E-state index in [0.717, 1.165) is 11.5 Å². The Morgan fingerprint density at radius 2 is 2.08 bits per heavy atom. The van der Waals surface area contributed by atoms with E-state index in [1.165, 1.54) is 0 Å². The van der Waals surface area contributed by atoms with Gasteiger partial charge in [0, 0.05) is 24.8 Å². The first-order valence-corrected chi connectivity index (χ1v) is 10.2. The SMILES string of the molecule is Cc1cc(CC2COCC2NC(=O)CC2CCS(=O)(=O)CC2)on1. The van der Waals surface area contributed by atoms with Gasteiger partial charge in [-0.3, -0.25) is 4.79 Å². The highest BCUT2D eigenvalue weighted by Gasteiger charge is 2.32. The minimum atomic E-state index is -2.88. The second kappa shape index (κ2) is 7.23. The topological polar surface area (TPSA) is 98.5 Å². The summed E-state index contributed by atoms with van der Waals surface area (Å²) < 4.78 is 33.7. The molecule has 2 saturated heterocycles. The Kier molecular flexibility index (Phi) is 5.24. The van der Waals surface area contributed by atoms with Crippen LogP contribution in [0.5, 0.6) is 0 Å². The molecule has 0 saturated carbocycles. The number of hydrogen-bond donors (Lipinski definition) is 1. The lowest BCUT2D eigenvalue weighted by Crippen LogP contribution is -2.41. The number of aromatic nitrogens is 1. The second-order valence-electron chi connectivity index (χ2n) is 6.91. The zero-order valence-electron chi connectivity index (χ0n) is 13.9. The number of carbonyl (C=O) groups is 1. The minimum Gasteiger partial charge on any atom is -0.379 e. The third-order valence-electron chi connectivity index (χ3n) is 4.83. The zero-order valence-corrected chi connectivity index (χ0v) is 14.7. The molecule has 2 aliphatic rings. The van der Waals surface area contributed by atoms with Gasteiger partial charge in [-0.2, -0.15) is 0 Å². The second-order valence-corrected chi connectivity index (χ2v) is 9.21. The van der Waals surface area contributed by atoms with Crippen molar-refractivity contribution in [3.63, 3.8) is 0 Å². The number of carbonyl (C=O) groups excluding carboxylic acids is 1. The zero-order chi connectivity index (χ0) is 17.2. The molecule has 1 N–H and O–H groups in total. The van der Waals surface area contributed by atoms with Crippen LogP contribution >= 0.6 is 0 Å². The van der Waals surface area contributed by atoms with Crippen molar-refractivity contribution < 1.29 is 22.5 Å². The summed E-state index contributed by atoms with van der Waals surface area (Å²) in [7, 11) is -2.88. The fourth-order valence-corrected chi connectivity index (χ4v) is 4.99. The van der Waals surface area contributed by atoms with Gasteiger partial charge >= 0.3 is 0 Å². The van der Waals surface area contributed by atoms with Crippen molar-refractivity contribution >= 4 is 15.7 Å². The van der Waals surface area contributed by atoms with Crippen molar-refractivity contribution in [3.05, 3.63) is 17.5 Å². The summed E-state index contributed by atoms with van der Waals surface area (Å²) >= 11 is 0. The molecule has 1 aromatic heterocycles. The molecule has 2 fully saturated rings. The summed E-state index contributed by atoms with van der Waals surface area (Å²) in [6.45, 7) is 2.97. The molecular weight excluding hydrogens is 332 g/mol. The van der Waals surface area contributed by atoms with Crippen LogP contribution in [0.4, 0.5) is 0 Å². The van der Waals surface area contributed by atoms with Gasteiger partial charge < -0.3 is 14.6 Å². The number of nitrogens with one attached hydrogen (secondary N) is 1. The van der Waals surface area contributed by atoms with Crippen molar-refractivity contribution in [3.8, 4) is 0 Å². The van der Waals surface area contributed by atoms with Gasteiger partial charge in [-0.1, -0.05) is 5.16 Å². The first-order chi connectivity index (χ1) is 11.4. The highest BCUT2D eigenvalue weighted by molar-refractivity contribution is 7.91. The smallest absolute Gasteiger partial charge is 0.220 e. The maximum absolute atomic E-state index is 12.3. The van der Waals surface area contributed by atoms with Crippen LogP contribution in [-0.2, 0) is 25.8 Å². The van der Waals surface area contributed by atoms with Crippen LogP contribution in [0.2, 0.25) is 0 Å². The molecule has 8 heteroatoms. The number of rotatable bonds is 5. The van der Waals surface area contributed by atoms with Gasteiger partial charge in [0.2, 0.25) is 5.91 Å². The van der Waals surface area contributed by atoms with Crippen LogP contribution in [0, 0.1) is 18.8 Å². The quantitative estimate of drug-likeness (QED) is 0.841. The van der Waals surface area contributed by atoms with Crippen LogP contribution in [0.15, 0.2) is 10.6 Å². The number of nitrogens with zero attached hydrogens (tertiary/aromatic N) is 1. The fraction of sp³-hybridized carbons (Fsp3) is 0.750. The molecule has 0 bridgehead atoms. The number of amides is 1. The minimum absolute atomic E-state index is 0.0199. The number of ether oxygens (including phenoxy) is 1. The summed E-state index contributed by atoms with van der Waals surface area (Å²) in [6.07, 6.45) is 2.24. The Labute approximate surface area is 142 Å². The van der Waals surface area contributed by atoms with E-state index in [-0.39, 0.29) is 35.3 Å². The fourth-order valence-electron chi connectivity index (χ4n) is 3.40. The molecule has 3 heterocycles. The summed E-state index contributed by atoms with van der Waals surface area (Å²) in [5.74, 6) is 1.52. The van der Waals surface area contributed by atoms with E-state index in [9.17, 15) is 13.2 Å². The van der Waals surface area contributed by atoms with Crippen LogP contribution in [0.1, 0.15) is 30.7 Å². The molecule has 1 amide bonds. The molecule has 0 spiro atoms. The lowest BCUT2D eigenvalue weighted by atomic mass is 9.96. The Bertz CT molecular complexity index is 670. The monoisotopic (exact) mass is 356 g/mol. The van der Waals surface area contributed by atoms with Crippen molar-refractivity contribution in [1.82, 2.24) is 10.5 Å². The van der Waals surface area contributed by atoms with Crippen molar-refractivity contribution in [2.75, 3.05) is 24.7 Å². The molecule has 24 heavy (non-hydrogen) atoms. The van der Waals surface area contributed by atoms with Gasteiger partial charge in [-0.05, 0) is 25.7 Å². The number of hydrogen-bond acceptors (Lipinski definition) is 6. The highest BCUT2D eigenvalue weighted by atomic mass is 32.2. The molecule has 0 radical (unpaired) electrons. The summed E-state index contributed by atoms with van der Waals surface area (Å²) in [5, 5.41) is 6.93. The molecule has 0 aromatic carbocycles.